The van der Waals surface area contributed by atoms with Gasteiger partial charge in [-0.05, 0) is 39.2 Å². The standard InChI is InChI=1S/C15H21N5OS/c1-9-14(22-8-16-9)7-20-4-3-11-5-12(21-13(11)6-20)15-17-10(2)18-19-15/h8,11-13H,3-7H2,1-2H3,(H,17,18,19)/t11-,12+,13+/m0/s1. The third kappa shape index (κ3) is 2.68. The van der Waals surface area contributed by atoms with Gasteiger partial charge in [0.25, 0.3) is 0 Å². The normalized spacial score (nSPS) is 28.9. The Morgan fingerprint density at radius 2 is 2.36 bits per heavy atom. The van der Waals surface area contributed by atoms with Crippen molar-refractivity contribution in [2.75, 3.05) is 13.1 Å². The van der Waals surface area contributed by atoms with Crippen LogP contribution in [0.4, 0.5) is 0 Å². The molecule has 6 nitrogen and oxygen atoms in total. The van der Waals surface area contributed by atoms with Gasteiger partial charge in [0, 0.05) is 18.0 Å². The minimum Gasteiger partial charge on any atom is -0.365 e. The van der Waals surface area contributed by atoms with E-state index in [-0.39, 0.29) is 6.10 Å². The molecule has 0 aliphatic carbocycles. The van der Waals surface area contributed by atoms with E-state index in [0.29, 0.717) is 12.0 Å². The number of aromatic amines is 1. The molecule has 0 radical (unpaired) electrons. The number of aryl methyl sites for hydroxylation is 2. The zero-order chi connectivity index (χ0) is 15.1. The van der Waals surface area contributed by atoms with Gasteiger partial charge in [-0.25, -0.2) is 9.97 Å². The van der Waals surface area contributed by atoms with Crippen molar-refractivity contribution in [2.24, 2.45) is 5.92 Å². The van der Waals surface area contributed by atoms with Gasteiger partial charge < -0.3 is 4.74 Å². The Hall–Kier alpha value is -1.31. The highest BCUT2D eigenvalue weighted by molar-refractivity contribution is 7.09. The summed E-state index contributed by atoms with van der Waals surface area (Å²) in [4.78, 5) is 12.6. The van der Waals surface area contributed by atoms with Crippen LogP contribution in [0, 0.1) is 19.8 Å². The van der Waals surface area contributed by atoms with E-state index >= 15 is 0 Å². The fourth-order valence-electron chi connectivity index (χ4n) is 3.49. The Balaban J connectivity index is 1.40. The Labute approximate surface area is 133 Å². The smallest absolute Gasteiger partial charge is 0.179 e. The summed E-state index contributed by atoms with van der Waals surface area (Å²) < 4.78 is 6.25. The van der Waals surface area contributed by atoms with Crippen molar-refractivity contribution < 1.29 is 4.74 Å². The van der Waals surface area contributed by atoms with Crippen molar-refractivity contribution in [1.29, 1.82) is 0 Å². The van der Waals surface area contributed by atoms with Gasteiger partial charge in [-0.3, -0.25) is 10.00 Å². The maximum absolute atomic E-state index is 6.25. The molecule has 1 N–H and O–H groups in total. The first-order chi connectivity index (χ1) is 10.7. The van der Waals surface area contributed by atoms with Gasteiger partial charge >= 0.3 is 0 Å². The van der Waals surface area contributed by atoms with Gasteiger partial charge in [0.1, 0.15) is 11.9 Å². The number of fused-ring (bicyclic) bond motifs is 1. The highest BCUT2D eigenvalue weighted by atomic mass is 32.1. The second-order valence-electron chi connectivity index (χ2n) is 6.32. The number of nitrogens with one attached hydrogen (secondary N) is 1. The Bertz CT molecular complexity index is 654. The molecule has 2 aliphatic heterocycles. The molecule has 0 unspecified atom stereocenters. The minimum absolute atomic E-state index is 0.0602. The Kier molecular flexibility index (Phi) is 3.71. The van der Waals surface area contributed by atoms with Crippen molar-refractivity contribution in [3.63, 3.8) is 0 Å². The number of hydrogen-bond acceptors (Lipinski definition) is 6. The second kappa shape index (κ2) is 5.72. The highest BCUT2D eigenvalue weighted by Crippen LogP contribution is 2.40. The lowest BCUT2D eigenvalue weighted by Crippen LogP contribution is -2.41. The summed E-state index contributed by atoms with van der Waals surface area (Å²) in [6.45, 7) is 7.15. The molecule has 0 saturated carbocycles. The number of nitrogens with zero attached hydrogens (tertiary/aromatic N) is 4. The summed E-state index contributed by atoms with van der Waals surface area (Å²) in [6, 6.07) is 0. The van der Waals surface area contributed by atoms with E-state index < -0.39 is 0 Å². The average molecular weight is 319 g/mol. The van der Waals surface area contributed by atoms with Crippen LogP contribution < -0.4 is 0 Å². The van der Waals surface area contributed by atoms with E-state index in [1.807, 2.05) is 12.4 Å². The van der Waals surface area contributed by atoms with Crippen molar-refractivity contribution in [3.05, 3.63) is 27.7 Å². The number of hydrogen-bond donors (Lipinski definition) is 1. The van der Waals surface area contributed by atoms with E-state index in [1.54, 1.807) is 11.3 Å². The quantitative estimate of drug-likeness (QED) is 0.939. The summed E-state index contributed by atoms with van der Waals surface area (Å²) >= 11 is 1.75. The number of H-pyrrole nitrogens is 1. The fourth-order valence-corrected chi connectivity index (χ4v) is 4.31. The number of likely N-dealkylation sites (tertiary alicyclic amines) is 1. The van der Waals surface area contributed by atoms with E-state index in [1.165, 1.54) is 11.3 Å². The first-order valence-electron chi connectivity index (χ1n) is 7.84. The lowest BCUT2D eigenvalue weighted by molar-refractivity contribution is -0.0117. The number of rotatable bonds is 3. The molecule has 2 saturated heterocycles. The monoisotopic (exact) mass is 319 g/mol. The molecule has 2 aliphatic rings. The van der Waals surface area contributed by atoms with Gasteiger partial charge in [0.15, 0.2) is 5.82 Å². The van der Waals surface area contributed by atoms with Crippen LogP contribution >= 0.6 is 11.3 Å². The topological polar surface area (TPSA) is 66.9 Å². The van der Waals surface area contributed by atoms with E-state index in [4.69, 9.17) is 4.74 Å². The highest BCUT2D eigenvalue weighted by Gasteiger charge is 2.41. The summed E-state index contributed by atoms with van der Waals surface area (Å²) in [5.74, 6) is 2.31. The van der Waals surface area contributed by atoms with Crippen LogP contribution in [0.1, 0.15) is 41.2 Å². The SMILES string of the molecule is Cc1nc([C@H]2C[C@@H]3CCN(Cc4scnc4C)C[C@H]3O2)n[nH]1. The second-order valence-corrected chi connectivity index (χ2v) is 7.26. The zero-order valence-corrected chi connectivity index (χ0v) is 13.8. The molecule has 0 amide bonds. The average Bonchev–Trinajstić information content (AvgIpc) is 3.19. The van der Waals surface area contributed by atoms with Gasteiger partial charge in [-0.15, -0.1) is 11.3 Å². The van der Waals surface area contributed by atoms with Gasteiger partial charge in [-0.2, -0.15) is 5.10 Å². The molecule has 0 bridgehead atoms. The van der Waals surface area contributed by atoms with E-state index in [0.717, 1.165) is 43.4 Å². The third-order valence-electron chi connectivity index (χ3n) is 4.75. The first-order valence-corrected chi connectivity index (χ1v) is 8.72. The number of aromatic nitrogens is 4. The molecule has 0 spiro atoms. The molecule has 0 aromatic carbocycles. The Morgan fingerprint density at radius 3 is 3.09 bits per heavy atom. The van der Waals surface area contributed by atoms with Crippen molar-refractivity contribution in [2.45, 2.75) is 45.4 Å². The first kappa shape index (κ1) is 14.3. The predicted molar refractivity (Wildman–Crippen MR) is 83.6 cm³/mol. The molecule has 4 heterocycles. The molecule has 2 fully saturated rings. The lowest BCUT2D eigenvalue weighted by Gasteiger charge is -2.33. The van der Waals surface area contributed by atoms with Gasteiger partial charge in [0.2, 0.25) is 0 Å². The molecule has 118 valence electrons. The molecular weight excluding hydrogens is 298 g/mol. The van der Waals surface area contributed by atoms with Crippen LogP contribution in [-0.2, 0) is 11.3 Å². The van der Waals surface area contributed by atoms with Crippen LogP contribution in [0.5, 0.6) is 0 Å². The molecular formula is C15H21N5OS. The van der Waals surface area contributed by atoms with Crippen molar-refractivity contribution in [3.8, 4) is 0 Å². The number of thiazole rings is 1. The molecule has 3 atom stereocenters. The predicted octanol–water partition coefficient (Wildman–Crippen LogP) is 2.23. The summed E-state index contributed by atoms with van der Waals surface area (Å²) in [5.41, 5.74) is 3.10. The largest absolute Gasteiger partial charge is 0.365 e. The molecule has 22 heavy (non-hydrogen) atoms. The van der Waals surface area contributed by atoms with E-state index in [9.17, 15) is 0 Å². The number of ether oxygens (including phenoxy) is 1. The third-order valence-corrected chi connectivity index (χ3v) is 5.67. The van der Waals surface area contributed by atoms with Crippen LogP contribution in [0.25, 0.3) is 0 Å². The van der Waals surface area contributed by atoms with Crippen molar-refractivity contribution in [1.82, 2.24) is 25.1 Å². The van der Waals surface area contributed by atoms with Crippen LogP contribution in [-0.4, -0.2) is 44.3 Å². The number of piperidine rings is 1. The summed E-state index contributed by atoms with van der Waals surface area (Å²) in [6.07, 6.45) is 2.62. The van der Waals surface area contributed by atoms with Gasteiger partial charge in [0.05, 0.1) is 17.3 Å². The van der Waals surface area contributed by atoms with Crippen molar-refractivity contribution >= 4 is 11.3 Å². The van der Waals surface area contributed by atoms with Crippen LogP contribution in [0.2, 0.25) is 0 Å². The van der Waals surface area contributed by atoms with Crippen LogP contribution in [0.15, 0.2) is 5.51 Å². The molecule has 7 heteroatoms. The molecule has 2 aromatic heterocycles. The van der Waals surface area contributed by atoms with Crippen LogP contribution in [0.3, 0.4) is 0 Å². The van der Waals surface area contributed by atoms with E-state index in [2.05, 4.69) is 32.0 Å². The maximum atomic E-state index is 6.25. The summed E-state index contributed by atoms with van der Waals surface area (Å²) in [5, 5.41) is 7.18. The molecule has 4 rings (SSSR count). The molecule has 2 aromatic rings. The lowest BCUT2D eigenvalue weighted by atomic mass is 9.91. The fraction of sp³-hybridized carbons (Fsp3) is 0.667. The maximum Gasteiger partial charge on any atom is 0.179 e. The Morgan fingerprint density at radius 1 is 1.45 bits per heavy atom. The van der Waals surface area contributed by atoms with Gasteiger partial charge in [-0.1, -0.05) is 0 Å². The summed E-state index contributed by atoms with van der Waals surface area (Å²) in [7, 11) is 0. The minimum atomic E-state index is 0.0602. The zero-order valence-electron chi connectivity index (χ0n) is 13.0.